The molecule has 4 nitrogen and oxygen atoms in total. The summed E-state index contributed by atoms with van der Waals surface area (Å²) in [5.41, 5.74) is 6.11. The van der Waals surface area contributed by atoms with Crippen LogP contribution in [-0.4, -0.2) is 24.8 Å². The lowest BCUT2D eigenvalue weighted by Crippen LogP contribution is -2.19. The number of carbonyl (C=O) groups excluding carboxylic acids is 1. The van der Waals surface area contributed by atoms with Crippen molar-refractivity contribution < 1.29 is 14.3 Å². The summed E-state index contributed by atoms with van der Waals surface area (Å²) in [4.78, 5) is 12.1. The third-order valence-electron chi connectivity index (χ3n) is 2.60. The Bertz CT molecular complexity index is 377. The van der Waals surface area contributed by atoms with Crippen molar-refractivity contribution in [2.75, 3.05) is 12.3 Å². The lowest BCUT2D eigenvalue weighted by Gasteiger charge is -2.11. The second kappa shape index (κ2) is 4.84. The van der Waals surface area contributed by atoms with Crippen molar-refractivity contribution in [3.63, 3.8) is 0 Å². The molecule has 5 heteroatoms. The summed E-state index contributed by atoms with van der Waals surface area (Å²) in [5.74, 6) is -0.351. The standard InChI is InChI=1S/C11H15NO3S/c1-7-2-3-8(15-7)6-14-11(13)10-9(12)4-5-16-10/h4-5,7-8H,2-3,6,12H2,1H3. The maximum absolute atomic E-state index is 11.6. The topological polar surface area (TPSA) is 61.5 Å². The molecule has 0 aromatic carbocycles. The normalized spacial score (nSPS) is 24.6. The Balaban J connectivity index is 1.82. The van der Waals surface area contributed by atoms with Crippen molar-refractivity contribution in [1.82, 2.24) is 0 Å². The van der Waals surface area contributed by atoms with Crippen LogP contribution in [0.4, 0.5) is 5.69 Å². The monoisotopic (exact) mass is 241 g/mol. The maximum atomic E-state index is 11.6. The first-order valence-electron chi connectivity index (χ1n) is 5.32. The Morgan fingerprint density at radius 3 is 3.06 bits per heavy atom. The molecule has 0 bridgehead atoms. The van der Waals surface area contributed by atoms with Crippen molar-refractivity contribution >= 4 is 23.0 Å². The highest BCUT2D eigenvalue weighted by atomic mass is 32.1. The summed E-state index contributed by atoms with van der Waals surface area (Å²) >= 11 is 1.30. The van der Waals surface area contributed by atoms with Gasteiger partial charge in [0.1, 0.15) is 11.5 Å². The van der Waals surface area contributed by atoms with E-state index in [4.69, 9.17) is 15.2 Å². The number of nitrogen functional groups attached to an aromatic ring is 1. The lowest BCUT2D eigenvalue weighted by molar-refractivity contribution is -0.00232. The first-order chi connectivity index (χ1) is 7.66. The Hall–Kier alpha value is -1.07. The van der Waals surface area contributed by atoms with Crippen molar-refractivity contribution in [2.24, 2.45) is 0 Å². The fourth-order valence-corrected chi connectivity index (χ4v) is 2.44. The van der Waals surface area contributed by atoms with E-state index in [1.807, 2.05) is 6.92 Å². The molecule has 0 saturated carbocycles. The van der Waals surface area contributed by atoms with Gasteiger partial charge in [-0.05, 0) is 31.2 Å². The van der Waals surface area contributed by atoms with Crippen molar-refractivity contribution in [3.8, 4) is 0 Å². The molecular weight excluding hydrogens is 226 g/mol. The largest absolute Gasteiger partial charge is 0.459 e. The van der Waals surface area contributed by atoms with Crippen molar-refractivity contribution in [1.29, 1.82) is 0 Å². The Morgan fingerprint density at radius 1 is 1.69 bits per heavy atom. The molecule has 1 saturated heterocycles. The number of esters is 1. The average Bonchev–Trinajstić information content (AvgIpc) is 2.84. The Kier molecular flexibility index (Phi) is 3.46. The van der Waals surface area contributed by atoms with E-state index < -0.39 is 0 Å². The molecule has 0 spiro atoms. The van der Waals surface area contributed by atoms with Gasteiger partial charge in [-0.1, -0.05) is 0 Å². The minimum Gasteiger partial charge on any atom is -0.459 e. The fourth-order valence-electron chi connectivity index (χ4n) is 1.73. The summed E-state index contributed by atoms with van der Waals surface area (Å²) in [6, 6.07) is 1.70. The molecule has 88 valence electrons. The third-order valence-corrected chi connectivity index (χ3v) is 3.51. The molecule has 0 amide bonds. The van der Waals surface area contributed by atoms with E-state index in [0.717, 1.165) is 12.8 Å². The van der Waals surface area contributed by atoms with Gasteiger partial charge < -0.3 is 15.2 Å². The Labute approximate surface area is 98.3 Å². The highest BCUT2D eigenvalue weighted by Crippen LogP contribution is 2.22. The number of hydrogen-bond acceptors (Lipinski definition) is 5. The van der Waals surface area contributed by atoms with Crippen LogP contribution in [0.25, 0.3) is 0 Å². The molecule has 0 radical (unpaired) electrons. The van der Waals surface area contributed by atoms with Gasteiger partial charge in [-0.2, -0.15) is 0 Å². The van der Waals surface area contributed by atoms with Gasteiger partial charge >= 0.3 is 5.97 Å². The van der Waals surface area contributed by atoms with Crippen molar-refractivity contribution in [3.05, 3.63) is 16.3 Å². The molecule has 2 unspecified atom stereocenters. The molecular formula is C11H15NO3S. The second-order valence-electron chi connectivity index (χ2n) is 3.95. The molecule has 0 aliphatic carbocycles. The lowest BCUT2D eigenvalue weighted by atomic mass is 10.2. The maximum Gasteiger partial charge on any atom is 0.350 e. The summed E-state index contributed by atoms with van der Waals surface area (Å²) in [5, 5.41) is 1.78. The summed E-state index contributed by atoms with van der Waals surface area (Å²) in [6.07, 6.45) is 2.30. The number of nitrogens with two attached hydrogens (primary N) is 1. The van der Waals surface area contributed by atoms with Crippen LogP contribution in [0.3, 0.4) is 0 Å². The molecule has 1 aromatic rings. The predicted octanol–water partition coefficient (Wildman–Crippen LogP) is 2.05. The van der Waals surface area contributed by atoms with Crippen LogP contribution in [0, 0.1) is 0 Å². The fraction of sp³-hybridized carbons (Fsp3) is 0.545. The van der Waals surface area contributed by atoms with E-state index in [1.54, 1.807) is 11.4 Å². The highest BCUT2D eigenvalue weighted by Gasteiger charge is 2.23. The third kappa shape index (κ3) is 2.54. The molecule has 1 aromatic heterocycles. The zero-order valence-corrected chi connectivity index (χ0v) is 9.96. The molecule has 2 atom stereocenters. The summed E-state index contributed by atoms with van der Waals surface area (Å²) in [7, 11) is 0. The minimum atomic E-state index is -0.351. The number of anilines is 1. The van der Waals surface area contributed by atoms with Crippen LogP contribution in [0.15, 0.2) is 11.4 Å². The zero-order chi connectivity index (χ0) is 11.5. The second-order valence-corrected chi connectivity index (χ2v) is 4.87. The van der Waals surface area contributed by atoms with E-state index in [0.29, 0.717) is 17.2 Å². The summed E-state index contributed by atoms with van der Waals surface area (Å²) in [6.45, 7) is 2.35. The van der Waals surface area contributed by atoms with Crippen LogP contribution in [0.2, 0.25) is 0 Å². The number of rotatable bonds is 3. The van der Waals surface area contributed by atoms with E-state index >= 15 is 0 Å². The smallest absolute Gasteiger partial charge is 0.350 e. The van der Waals surface area contributed by atoms with Crippen molar-refractivity contribution in [2.45, 2.75) is 32.0 Å². The predicted molar refractivity (Wildman–Crippen MR) is 62.6 cm³/mol. The van der Waals surface area contributed by atoms with Gasteiger partial charge in [0.2, 0.25) is 0 Å². The van der Waals surface area contributed by atoms with Crippen LogP contribution in [0.1, 0.15) is 29.4 Å². The average molecular weight is 241 g/mol. The van der Waals surface area contributed by atoms with Crippen LogP contribution in [-0.2, 0) is 9.47 Å². The SMILES string of the molecule is CC1CCC(COC(=O)c2sccc2N)O1. The minimum absolute atomic E-state index is 0.0418. The van der Waals surface area contributed by atoms with E-state index in [2.05, 4.69) is 0 Å². The van der Waals surface area contributed by atoms with Crippen LogP contribution < -0.4 is 5.73 Å². The van der Waals surface area contributed by atoms with Gasteiger partial charge in [0, 0.05) is 0 Å². The van der Waals surface area contributed by atoms with Gasteiger partial charge in [-0.3, -0.25) is 0 Å². The van der Waals surface area contributed by atoms with Gasteiger partial charge in [0.25, 0.3) is 0 Å². The van der Waals surface area contributed by atoms with E-state index in [9.17, 15) is 4.79 Å². The number of hydrogen-bond donors (Lipinski definition) is 1. The molecule has 2 N–H and O–H groups in total. The highest BCUT2D eigenvalue weighted by molar-refractivity contribution is 7.12. The van der Waals surface area contributed by atoms with Crippen LogP contribution in [0.5, 0.6) is 0 Å². The molecule has 1 fully saturated rings. The number of carbonyl (C=O) groups is 1. The van der Waals surface area contributed by atoms with Crippen LogP contribution >= 0.6 is 11.3 Å². The first-order valence-corrected chi connectivity index (χ1v) is 6.20. The van der Waals surface area contributed by atoms with Gasteiger partial charge in [-0.15, -0.1) is 11.3 Å². The molecule has 16 heavy (non-hydrogen) atoms. The number of ether oxygens (including phenoxy) is 2. The quantitative estimate of drug-likeness (QED) is 0.823. The molecule has 2 rings (SSSR count). The first kappa shape index (κ1) is 11.4. The number of thiophene rings is 1. The van der Waals surface area contributed by atoms with E-state index in [1.165, 1.54) is 11.3 Å². The molecule has 1 aliphatic rings. The Morgan fingerprint density at radius 2 is 2.50 bits per heavy atom. The zero-order valence-electron chi connectivity index (χ0n) is 9.14. The van der Waals surface area contributed by atoms with E-state index in [-0.39, 0.29) is 18.2 Å². The van der Waals surface area contributed by atoms with Gasteiger partial charge in [-0.25, -0.2) is 4.79 Å². The molecule has 2 heterocycles. The van der Waals surface area contributed by atoms with Gasteiger partial charge in [0.15, 0.2) is 0 Å². The van der Waals surface area contributed by atoms with Gasteiger partial charge in [0.05, 0.1) is 17.9 Å². The summed E-state index contributed by atoms with van der Waals surface area (Å²) < 4.78 is 10.7. The molecule has 1 aliphatic heterocycles.